The summed E-state index contributed by atoms with van der Waals surface area (Å²) in [6.45, 7) is 2.21. The molecule has 0 aromatic heterocycles. The average Bonchev–Trinajstić information content (AvgIpc) is 2.83. The highest BCUT2D eigenvalue weighted by molar-refractivity contribution is 7.51. The Morgan fingerprint density at radius 1 is 0.875 bits per heavy atom. The van der Waals surface area contributed by atoms with Gasteiger partial charge in [0, 0.05) is 0 Å². The van der Waals surface area contributed by atoms with Crippen molar-refractivity contribution in [2.75, 3.05) is 6.16 Å². The minimum Gasteiger partial charge on any atom is -0.629 e. The molecule has 1 saturated heterocycles. The zero-order valence-corrected chi connectivity index (χ0v) is 15.5. The molecule has 0 aromatic rings. The maximum atomic E-state index is 12.0. The second kappa shape index (κ2) is 12.3. The average molecular weight is 364 g/mol. The molecule has 1 aliphatic heterocycles. The fourth-order valence-corrected chi connectivity index (χ4v) is 4.11. The summed E-state index contributed by atoms with van der Waals surface area (Å²) in [7, 11) is -2.04. The van der Waals surface area contributed by atoms with Crippen LogP contribution in [0, 0.1) is 0 Å². The van der Waals surface area contributed by atoms with E-state index in [0.29, 0.717) is 6.16 Å². The lowest BCUT2D eigenvalue weighted by atomic mass is 10.1. The highest BCUT2D eigenvalue weighted by Gasteiger charge is 2.46. The van der Waals surface area contributed by atoms with Gasteiger partial charge in [0.15, 0.2) is 12.4 Å². The van der Waals surface area contributed by atoms with Gasteiger partial charge < -0.3 is 30.1 Å². The van der Waals surface area contributed by atoms with Gasteiger partial charge in [0.05, 0.1) is 7.77 Å². The molecule has 0 radical (unpaired) electrons. The number of ether oxygens (including phenoxy) is 1. The molecule has 5 atom stereocenters. The van der Waals surface area contributed by atoms with E-state index >= 15 is 0 Å². The molecule has 6 nitrogen and oxygen atoms in total. The Morgan fingerprint density at radius 2 is 1.38 bits per heavy atom. The van der Waals surface area contributed by atoms with E-state index in [4.69, 9.17) is 4.74 Å². The van der Waals surface area contributed by atoms with Gasteiger partial charge in [-0.3, -0.25) is 0 Å². The Bertz CT molecular complexity index is 376. The van der Waals surface area contributed by atoms with Crippen LogP contribution in [0.5, 0.6) is 0 Å². The molecule has 0 amide bonds. The summed E-state index contributed by atoms with van der Waals surface area (Å²) in [5.41, 5.74) is -0.468. The van der Waals surface area contributed by atoms with E-state index in [1.807, 2.05) is 0 Å². The predicted octanol–water partition coefficient (Wildman–Crippen LogP) is 1.61. The highest BCUT2D eigenvalue weighted by atomic mass is 31.1. The van der Waals surface area contributed by atoms with Gasteiger partial charge in [-0.15, -0.1) is 0 Å². The highest BCUT2D eigenvalue weighted by Crippen LogP contribution is 2.26. The molecule has 7 heteroatoms. The molecule has 0 bridgehead atoms. The summed E-state index contributed by atoms with van der Waals surface area (Å²) in [5.74, 6) is 0. The topological polar surface area (TPSA) is 113 Å². The molecule has 142 valence electrons. The number of aliphatic hydroxyl groups excluding tert-OH is 4. The molecule has 0 spiro atoms. The molecule has 1 aliphatic rings. The van der Waals surface area contributed by atoms with Crippen molar-refractivity contribution in [2.45, 2.75) is 95.7 Å². The predicted molar refractivity (Wildman–Crippen MR) is 93.5 cm³/mol. The minimum absolute atomic E-state index is 0.330. The first kappa shape index (κ1) is 22.0. The van der Waals surface area contributed by atoms with Crippen LogP contribution in [0.2, 0.25) is 0 Å². The van der Waals surface area contributed by atoms with Gasteiger partial charge in [-0.25, -0.2) is 0 Å². The van der Waals surface area contributed by atoms with Crippen LogP contribution in [-0.4, -0.2) is 56.7 Å². The monoisotopic (exact) mass is 364 g/mol. The number of hydrogen-bond acceptors (Lipinski definition) is 5. The lowest BCUT2D eigenvalue weighted by Crippen LogP contribution is -2.36. The van der Waals surface area contributed by atoms with Crippen LogP contribution in [0.4, 0.5) is 0 Å². The van der Waals surface area contributed by atoms with Crippen LogP contribution in [0.25, 0.3) is 0 Å². The molecular formula is C17H33O6P. The molecular weight excluding hydrogens is 331 g/mol. The number of unbranched alkanes of at least 4 members (excludes halogenated alkanes) is 9. The van der Waals surface area contributed by atoms with Crippen LogP contribution in [-0.2, 0) is 4.74 Å². The summed E-state index contributed by atoms with van der Waals surface area (Å²) in [6.07, 6.45) is 6.27. The third-order valence-corrected chi connectivity index (χ3v) is 5.95. The van der Waals surface area contributed by atoms with E-state index in [1.165, 1.54) is 44.9 Å². The summed E-state index contributed by atoms with van der Waals surface area (Å²) in [4.78, 5) is 12.0. The fourth-order valence-electron chi connectivity index (χ4n) is 2.87. The van der Waals surface area contributed by atoms with Crippen LogP contribution in [0.15, 0.2) is 0 Å². The van der Waals surface area contributed by atoms with E-state index in [1.54, 1.807) is 0 Å². The van der Waals surface area contributed by atoms with Crippen LogP contribution >= 0.6 is 7.77 Å². The summed E-state index contributed by atoms with van der Waals surface area (Å²) in [5, 5.41) is 38.2. The zero-order valence-electron chi connectivity index (χ0n) is 14.6. The van der Waals surface area contributed by atoms with Crippen LogP contribution in [0.1, 0.15) is 71.1 Å². The van der Waals surface area contributed by atoms with Crippen molar-refractivity contribution < 1.29 is 30.1 Å². The molecule has 1 unspecified atom stereocenters. The Labute approximate surface area is 146 Å². The van der Waals surface area contributed by atoms with E-state index in [9.17, 15) is 25.3 Å². The molecule has 1 fully saturated rings. The summed E-state index contributed by atoms with van der Waals surface area (Å²) in [6, 6.07) is 0. The van der Waals surface area contributed by atoms with E-state index in [-0.39, 0.29) is 0 Å². The van der Waals surface area contributed by atoms with Gasteiger partial charge in [-0.2, -0.15) is 0 Å². The second-order valence-corrected chi connectivity index (χ2v) is 8.23. The van der Waals surface area contributed by atoms with Crippen LogP contribution in [0.3, 0.4) is 0 Å². The largest absolute Gasteiger partial charge is 0.629 e. The third-order valence-electron chi connectivity index (χ3n) is 4.46. The van der Waals surface area contributed by atoms with Crippen molar-refractivity contribution in [3.63, 3.8) is 0 Å². The summed E-state index contributed by atoms with van der Waals surface area (Å²) >= 11 is 0. The first-order valence-corrected chi connectivity index (χ1v) is 10.6. The van der Waals surface area contributed by atoms with Gasteiger partial charge >= 0.3 is 0 Å². The molecule has 1 heterocycles. The quantitative estimate of drug-likeness (QED) is 0.309. The SMILES string of the molecule is CCCCCCCCCCCC/[P+]([O-])=C(\O)[C@H]1O[C@@H](O)[C@H](O)[C@@H]1O. The van der Waals surface area contributed by atoms with Crippen molar-refractivity contribution in [3.05, 3.63) is 0 Å². The molecule has 0 aromatic carbocycles. The molecule has 0 saturated carbocycles. The van der Waals surface area contributed by atoms with Gasteiger partial charge in [-0.1, -0.05) is 58.3 Å². The third kappa shape index (κ3) is 7.44. The Hall–Kier alpha value is -0.0700. The van der Waals surface area contributed by atoms with Crippen LogP contribution < -0.4 is 4.89 Å². The van der Waals surface area contributed by atoms with E-state index in [0.717, 1.165) is 19.3 Å². The zero-order chi connectivity index (χ0) is 17.9. The number of hydrogen-bond donors (Lipinski definition) is 4. The van der Waals surface area contributed by atoms with Gasteiger partial charge in [0.1, 0.15) is 18.4 Å². The molecule has 1 rings (SSSR count). The normalized spacial score (nSPS) is 28.2. The number of aliphatic hydroxyl groups is 4. The smallest absolute Gasteiger partial charge is 0.250 e. The van der Waals surface area contributed by atoms with Crippen molar-refractivity contribution in [3.8, 4) is 0 Å². The first-order chi connectivity index (χ1) is 11.5. The molecule has 24 heavy (non-hydrogen) atoms. The second-order valence-electron chi connectivity index (χ2n) is 6.57. The Balaban J connectivity index is 2.13. The first-order valence-electron chi connectivity index (χ1n) is 9.19. The fraction of sp³-hybridized carbons (Fsp3) is 0.941. The standard InChI is InChI=1S/C17H33O6P/c1-2-3-4-5-6-7-8-9-10-11-12-24(22)17(21)15-13(18)14(19)16(20)23-15/h13-16,18-21H,2-12H2,1H3/t13-,14+,15-,16+/m0/s1. The van der Waals surface area contributed by atoms with E-state index in [2.05, 4.69) is 6.92 Å². The van der Waals surface area contributed by atoms with Gasteiger partial charge in [-0.05, 0) is 12.8 Å². The number of rotatable bonds is 12. The Kier molecular flexibility index (Phi) is 11.3. The maximum Gasteiger partial charge on any atom is 0.250 e. The van der Waals surface area contributed by atoms with E-state index < -0.39 is 37.9 Å². The Morgan fingerprint density at radius 3 is 1.83 bits per heavy atom. The van der Waals surface area contributed by atoms with Gasteiger partial charge in [0.2, 0.25) is 0 Å². The molecule has 0 aliphatic carbocycles. The van der Waals surface area contributed by atoms with Crippen molar-refractivity contribution in [1.82, 2.24) is 0 Å². The van der Waals surface area contributed by atoms with Gasteiger partial charge in [0.25, 0.3) is 5.48 Å². The summed E-state index contributed by atoms with van der Waals surface area (Å²) < 4.78 is 4.85. The van der Waals surface area contributed by atoms with Crippen molar-refractivity contribution in [2.24, 2.45) is 0 Å². The minimum atomic E-state index is -2.04. The lowest BCUT2D eigenvalue weighted by Gasteiger charge is -2.12. The molecule has 4 N–H and O–H groups in total. The van der Waals surface area contributed by atoms with Crippen molar-refractivity contribution >= 4 is 13.3 Å². The lowest BCUT2D eigenvalue weighted by molar-refractivity contribution is -0.154. The maximum absolute atomic E-state index is 12.0. The van der Waals surface area contributed by atoms with Crippen molar-refractivity contribution in [1.29, 1.82) is 0 Å².